The summed E-state index contributed by atoms with van der Waals surface area (Å²) in [7, 11) is 3.17. The third-order valence-corrected chi connectivity index (χ3v) is 5.24. The molecular formula is C10H18O4S2. The molecule has 4 nitrogen and oxygen atoms in total. The molecule has 1 heterocycles. The number of carboxylic acid groups (broad SMARTS) is 1. The summed E-state index contributed by atoms with van der Waals surface area (Å²) in [4.78, 5) is 10.3. The lowest BCUT2D eigenvalue weighted by Crippen LogP contribution is -2.47. The van der Waals surface area contributed by atoms with Gasteiger partial charge in [-0.3, -0.25) is 4.79 Å². The highest BCUT2D eigenvalue weighted by molar-refractivity contribution is 8.76. The van der Waals surface area contributed by atoms with Crippen molar-refractivity contribution < 1.29 is 20.1 Å². The predicted molar refractivity (Wildman–Crippen MR) is 66.6 cm³/mol. The first-order valence-corrected chi connectivity index (χ1v) is 7.90. The second-order valence-corrected chi connectivity index (χ2v) is 6.63. The molecule has 94 valence electrons. The second-order valence-electron chi connectivity index (χ2n) is 4.12. The Hall–Kier alpha value is 0.0900. The molecule has 0 radical (unpaired) electrons. The summed E-state index contributed by atoms with van der Waals surface area (Å²) in [5, 5.41) is 28.3. The number of aliphatic hydroxyl groups is 2. The second kappa shape index (κ2) is 6.74. The molecule has 3 N–H and O–H groups in total. The lowest BCUT2D eigenvalue weighted by Gasteiger charge is -2.35. The number of aliphatic hydroxyl groups excluding tert-OH is 1. The molecule has 0 aromatic heterocycles. The zero-order chi connectivity index (χ0) is 12.0. The van der Waals surface area contributed by atoms with Gasteiger partial charge in [-0.05, 0) is 12.8 Å². The van der Waals surface area contributed by atoms with Crippen LogP contribution in [0, 0.1) is 0 Å². The van der Waals surface area contributed by atoms with Crippen molar-refractivity contribution in [3.05, 3.63) is 0 Å². The molecule has 0 amide bonds. The third-order valence-electron chi connectivity index (χ3n) is 2.74. The van der Waals surface area contributed by atoms with Crippen LogP contribution in [0.4, 0.5) is 0 Å². The maximum absolute atomic E-state index is 10.3. The number of aliphatic carboxylic acids is 1. The van der Waals surface area contributed by atoms with Crippen molar-refractivity contribution in [1.29, 1.82) is 0 Å². The van der Waals surface area contributed by atoms with Crippen LogP contribution in [0.1, 0.15) is 32.1 Å². The molecule has 0 saturated carbocycles. The summed E-state index contributed by atoms with van der Waals surface area (Å²) in [5.41, 5.74) is -0.973. The molecule has 0 bridgehead atoms. The number of hydrogen-bond acceptors (Lipinski definition) is 5. The Balaban J connectivity index is 2.17. The molecule has 0 aromatic carbocycles. The fourth-order valence-corrected chi connectivity index (χ4v) is 4.33. The van der Waals surface area contributed by atoms with Crippen molar-refractivity contribution in [2.24, 2.45) is 0 Å². The molecule has 1 fully saturated rings. The Bertz CT molecular complexity index is 237. The van der Waals surface area contributed by atoms with Crippen molar-refractivity contribution in [2.75, 3.05) is 11.5 Å². The molecule has 1 aliphatic rings. The van der Waals surface area contributed by atoms with Gasteiger partial charge in [-0.25, -0.2) is 0 Å². The highest BCUT2D eigenvalue weighted by atomic mass is 33.1. The van der Waals surface area contributed by atoms with Crippen LogP contribution in [0.3, 0.4) is 0 Å². The molecule has 2 atom stereocenters. The fourth-order valence-electron chi connectivity index (χ4n) is 1.63. The van der Waals surface area contributed by atoms with E-state index in [0.717, 1.165) is 12.8 Å². The molecule has 16 heavy (non-hydrogen) atoms. The van der Waals surface area contributed by atoms with Crippen LogP contribution in [0.15, 0.2) is 0 Å². The highest BCUT2D eigenvalue weighted by Crippen LogP contribution is 2.38. The maximum atomic E-state index is 10.3. The van der Waals surface area contributed by atoms with Gasteiger partial charge >= 0.3 is 5.97 Å². The normalized spacial score (nSPS) is 30.2. The van der Waals surface area contributed by atoms with Gasteiger partial charge in [-0.1, -0.05) is 34.4 Å². The van der Waals surface area contributed by atoms with Gasteiger partial charge in [0, 0.05) is 17.9 Å². The van der Waals surface area contributed by atoms with Crippen molar-refractivity contribution >= 4 is 27.6 Å². The minimum absolute atomic E-state index is 0.186. The van der Waals surface area contributed by atoms with Crippen LogP contribution in [0.25, 0.3) is 0 Å². The summed E-state index contributed by atoms with van der Waals surface area (Å²) < 4.78 is 0. The van der Waals surface area contributed by atoms with Crippen molar-refractivity contribution in [3.63, 3.8) is 0 Å². The Kier molecular flexibility index (Phi) is 5.96. The van der Waals surface area contributed by atoms with Crippen LogP contribution in [-0.4, -0.2) is 44.5 Å². The summed E-state index contributed by atoms with van der Waals surface area (Å²) in [6.07, 6.45) is 2.29. The maximum Gasteiger partial charge on any atom is 0.303 e. The largest absolute Gasteiger partial charge is 0.481 e. The first-order chi connectivity index (χ1) is 7.54. The van der Waals surface area contributed by atoms with Gasteiger partial charge in [0.15, 0.2) is 0 Å². The zero-order valence-electron chi connectivity index (χ0n) is 9.09. The number of carboxylic acids is 1. The summed E-state index contributed by atoms with van der Waals surface area (Å²) in [5.74, 6) is 0.344. The lowest BCUT2D eigenvalue weighted by atomic mass is 9.92. The average molecular weight is 266 g/mol. The van der Waals surface area contributed by atoms with Gasteiger partial charge in [0.2, 0.25) is 0 Å². The summed E-state index contributed by atoms with van der Waals surface area (Å²) in [6, 6.07) is 0. The Labute approximate surface area is 103 Å². The summed E-state index contributed by atoms with van der Waals surface area (Å²) >= 11 is 0. The standard InChI is InChI=1S/C10H18O4S2/c11-8-6-15-16-7-10(8,14)5-3-1-2-4-9(12)13/h8,11,14H,1-7H2,(H,12,13)/t8-,10+/m0/s1. The SMILES string of the molecule is O=C(O)CCCCC[C@@]1(O)CSSC[C@@H]1O. The zero-order valence-corrected chi connectivity index (χ0v) is 10.7. The molecule has 1 saturated heterocycles. The van der Waals surface area contributed by atoms with E-state index in [0.29, 0.717) is 24.3 Å². The topological polar surface area (TPSA) is 77.8 Å². The summed E-state index contributed by atoms with van der Waals surface area (Å²) in [6.45, 7) is 0. The smallest absolute Gasteiger partial charge is 0.303 e. The minimum Gasteiger partial charge on any atom is -0.481 e. The molecule has 0 aromatic rings. The van der Waals surface area contributed by atoms with E-state index in [1.165, 1.54) is 0 Å². The van der Waals surface area contributed by atoms with E-state index in [-0.39, 0.29) is 6.42 Å². The van der Waals surface area contributed by atoms with E-state index in [4.69, 9.17) is 5.11 Å². The Morgan fingerprint density at radius 2 is 2.06 bits per heavy atom. The minimum atomic E-state index is -0.973. The van der Waals surface area contributed by atoms with Crippen LogP contribution in [0.5, 0.6) is 0 Å². The van der Waals surface area contributed by atoms with Crippen LogP contribution >= 0.6 is 21.6 Å². The van der Waals surface area contributed by atoms with Crippen LogP contribution < -0.4 is 0 Å². The molecule has 1 rings (SSSR count). The molecule has 0 spiro atoms. The van der Waals surface area contributed by atoms with Crippen molar-refractivity contribution in [1.82, 2.24) is 0 Å². The predicted octanol–water partition coefficient (Wildman–Crippen LogP) is 1.51. The fraction of sp³-hybridized carbons (Fsp3) is 0.900. The van der Waals surface area contributed by atoms with Gasteiger partial charge in [0.05, 0.1) is 6.10 Å². The van der Waals surface area contributed by atoms with E-state index >= 15 is 0 Å². The van der Waals surface area contributed by atoms with Gasteiger partial charge in [-0.15, -0.1) is 0 Å². The highest BCUT2D eigenvalue weighted by Gasteiger charge is 2.38. The van der Waals surface area contributed by atoms with E-state index in [1.54, 1.807) is 21.6 Å². The lowest BCUT2D eigenvalue weighted by molar-refractivity contribution is -0.137. The molecule has 1 aliphatic heterocycles. The average Bonchev–Trinajstić information content (AvgIpc) is 2.22. The Morgan fingerprint density at radius 1 is 1.31 bits per heavy atom. The van der Waals surface area contributed by atoms with E-state index < -0.39 is 17.7 Å². The number of carbonyl (C=O) groups is 1. The van der Waals surface area contributed by atoms with Gasteiger partial charge in [0.25, 0.3) is 0 Å². The van der Waals surface area contributed by atoms with E-state index in [9.17, 15) is 15.0 Å². The number of unbranched alkanes of at least 4 members (excludes halogenated alkanes) is 2. The number of rotatable bonds is 6. The first kappa shape index (κ1) is 14.2. The van der Waals surface area contributed by atoms with Crippen molar-refractivity contribution in [3.8, 4) is 0 Å². The van der Waals surface area contributed by atoms with Gasteiger partial charge in [-0.2, -0.15) is 0 Å². The number of hydrogen-bond donors (Lipinski definition) is 3. The van der Waals surface area contributed by atoms with Crippen molar-refractivity contribution in [2.45, 2.75) is 43.8 Å². The molecule has 6 heteroatoms. The monoisotopic (exact) mass is 266 g/mol. The molecule has 0 aliphatic carbocycles. The molecule has 0 unspecified atom stereocenters. The van der Waals surface area contributed by atoms with Crippen LogP contribution in [0.2, 0.25) is 0 Å². The van der Waals surface area contributed by atoms with Gasteiger partial charge in [0.1, 0.15) is 5.60 Å². The van der Waals surface area contributed by atoms with Gasteiger partial charge < -0.3 is 15.3 Å². The molecular weight excluding hydrogens is 248 g/mol. The Morgan fingerprint density at radius 3 is 2.69 bits per heavy atom. The van der Waals surface area contributed by atoms with Crippen LogP contribution in [-0.2, 0) is 4.79 Å². The van der Waals surface area contributed by atoms with E-state index in [2.05, 4.69) is 0 Å². The quantitative estimate of drug-likeness (QED) is 0.499. The first-order valence-electron chi connectivity index (χ1n) is 5.41. The van der Waals surface area contributed by atoms with E-state index in [1.807, 2.05) is 0 Å². The third kappa shape index (κ3) is 4.53.